The second-order valence-corrected chi connectivity index (χ2v) is 7.47. The van der Waals surface area contributed by atoms with Gasteiger partial charge >= 0.3 is 0 Å². The summed E-state index contributed by atoms with van der Waals surface area (Å²) in [5, 5.41) is 0. The standard InChI is InChI=1S/C22H29N5O3/c1-25-12-6-13-26(2)21(28)16-27(14-5-8-18-7-3-10-20(25)24-18)22(29)17-30-19-9-4-11-23-15-19/h3-4,7,9-11,15H,5-6,8,12-14,16-17H2,1-2H3. The van der Waals surface area contributed by atoms with Crippen molar-refractivity contribution < 1.29 is 14.3 Å². The maximum atomic E-state index is 12.8. The van der Waals surface area contributed by atoms with E-state index in [-0.39, 0.29) is 25.0 Å². The number of pyridine rings is 2. The van der Waals surface area contributed by atoms with Crippen molar-refractivity contribution in [2.24, 2.45) is 0 Å². The van der Waals surface area contributed by atoms with E-state index >= 15 is 0 Å². The lowest BCUT2D eigenvalue weighted by atomic mass is 10.2. The third-order valence-electron chi connectivity index (χ3n) is 5.13. The number of carbonyl (C=O) groups is 2. The molecule has 2 bridgehead atoms. The van der Waals surface area contributed by atoms with Gasteiger partial charge in [-0.05, 0) is 43.5 Å². The minimum absolute atomic E-state index is 0.0506. The fourth-order valence-corrected chi connectivity index (χ4v) is 3.30. The second kappa shape index (κ2) is 10.6. The number of carbonyl (C=O) groups excluding carboxylic acids is 2. The summed E-state index contributed by atoms with van der Waals surface area (Å²) in [5.74, 6) is 1.17. The zero-order chi connectivity index (χ0) is 21.3. The highest BCUT2D eigenvalue weighted by molar-refractivity contribution is 5.85. The van der Waals surface area contributed by atoms with Gasteiger partial charge in [-0.2, -0.15) is 0 Å². The summed E-state index contributed by atoms with van der Waals surface area (Å²) in [5.41, 5.74) is 0.985. The molecule has 2 aromatic rings. The van der Waals surface area contributed by atoms with Crippen LogP contribution in [0.15, 0.2) is 42.7 Å². The summed E-state index contributed by atoms with van der Waals surface area (Å²) < 4.78 is 5.54. The number of fused-ring (bicyclic) bond motifs is 2. The Balaban J connectivity index is 1.69. The summed E-state index contributed by atoms with van der Waals surface area (Å²) >= 11 is 0. The Hall–Kier alpha value is -3.16. The largest absolute Gasteiger partial charge is 0.482 e. The van der Waals surface area contributed by atoms with E-state index in [4.69, 9.17) is 9.72 Å². The predicted octanol–water partition coefficient (Wildman–Crippen LogP) is 1.62. The molecule has 160 valence electrons. The number of anilines is 1. The molecule has 2 amide bonds. The Morgan fingerprint density at radius 2 is 1.90 bits per heavy atom. The zero-order valence-electron chi connectivity index (χ0n) is 17.7. The van der Waals surface area contributed by atoms with Gasteiger partial charge in [-0.1, -0.05) is 6.07 Å². The molecule has 0 spiro atoms. The van der Waals surface area contributed by atoms with Crippen LogP contribution < -0.4 is 9.64 Å². The molecule has 1 aliphatic rings. The van der Waals surface area contributed by atoms with Crippen molar-refractivity contribution in [1.29, 1.82) is 0 Å². The molecular formula is C22H29N5O3. The van der Waals surface area contributed by atoms with Gasteiger partial charge in [-0.25, -0.2) is 4.98 Å². The molecule has 0 saturated carbocycles. The van der Waals surface area contributed by atoms with Gasteiger partial charge in [0, 0.05) is 45.6 Å². The van der Waals surface area contributed by atoms with Crippen LogP contribution in [0.4, 0.5) is 5.82 Å². The lowest BCUT2D eigenvalue weighted by Gasteiger charge is -2.27. The van der Waals surface area contributed by atoms with Crippen molar-refractivity contribution in [1.82, 2.24) is 19.8 Å². The maximum Gasteiger partial charge on any atom is 0.260 e. The van der Waals surface area contributed by atoms with Gasteiger partial charge in [0.1, 0.15) is 11.6 Å². The van der Waals surface area contributed by atoms with Crippen molar-refractivity contribution in [3.63, 3.8) is 0 Å². The SMILES string of the molecule is CN1CCCN(C)c2cccc(n2)CCCN(C(=O)COc2cccnc2)CC1=O. The van der Waals surface area contributed by atoms with E-state index in [0.29, 0.717) is 18.8 Å². The Kier molecular flexibility index (Phi) is 7.59. The lowest BCUT2D eigenvalue weighted by Crippen LogP contribution is -2.44. The van der Waals surface area contributed by atoms with E-state index in [1.807, 2.05) is 25.2 Å². The summed E-state index contributed by atoms with van der Waals surface area (Å²) in [6.07, 6.45) is 5.48. The number of likely N-dealkylation sites (N-methyl/N-ethyl adjacent to an activating group) is 1. The number of amides is 2. The van der Waals surface area contributed by atoms with Crippen molar-refractivity contribution >= 4 is 17.6 Å². The topological polar surface area (TPSA) is 78.9 Å². The first-order chi connectivity index (χ1) is 14.5. The number of hydrogen-bond donors (Lipinski definition) is 0. The fourth-order valence-electron chi connectivity index (χ4n) is 3.30. The molecule has 0 N–H and O–H groups in total. The molecule has 0 fully saturated rings. The van der Waals surface area contributed by atoms with Gasteiger partial charge in [0.2, 0.25) is 5.91 Å². The van der Waals surface area contributed by atoms with E-state index in [2.05, 4.69) is 9.88 Å². The highest BCUT2D eigenvalue weighted by Crippen LogP contribution is 2.13. The first-order valence-corrected chi connectivity index (χ1v) is 10.2. The number of aryl methyl sites for hydroxylation is 1. The van der Waals surface area contributed by atoms with Crippen LogP contribution in [0.2, 0.25) is 0 Å². The number of aromatic nitrogens is 2. The van der Waals surface area contributed by atoms with Crippen molar-refractivity contribution in [2.75, 3.05) is 51.8 Å². The van der Waals surface area contributed by atoms with Gasteiger partial charge in [-0.3, -0.25) is 14.6 Å². The fraction of sp³-hybridized carbons (Fsp3) is 0.455. The van der Waals surface area contributed by atoms with Crippen LogP contribution >= 0.6 is 0 Å². The Bertz CT molecular complexity index is 846. The molecule has 8 heteroatoms. The summed E-state index contributed by atoms with van der Waals surface area (Å²) in [6.45, 7) is 1.82. The molecule has 0 aliphatic carbocycles. The number of hydrogen-bond acceptors (Lipinski definition) is 6. The molecule has 0 unspecified atom stereocenters. The third-order valence-corrected chi connectivity index (χ3v) is 5.13. The quantitative estimate of drug-likeness (QED) is 0.764. The maximum absolute atomic E-state index is 12.8. The molecule has 0 aromatic carbocycles. The highest BCUT2D eigenvalue weighted by atomic mass is 16.5. The summed E-state index contributed by atoms with van der Waals surface area (Å²) in [4.78, 5) is 39.5. The van der Waals surface area contributed by atoms with E-state index in [1.165, 1.54) is 0 Å². The number of nitrogens with zero attached hydrogens (tertiary/aromatic N) is 5. The van der Waals surface area contributed by atoms with Crippen LogP contribution in [0.3, 0.4) is 0 Å². The first kappa shape index (κ1) is 21.5. The lowest BCUT2D eigenvalue weighted by molar-refractivity contribution is -0.141. The summed E-state index contributed by atoms with van der Waals surface area (Å²) in [6, 6.07) is 9.51. The van der Waals surface area contributed by atoms with Crippen molar-refractivity contribution in [3.05, 3.63) is 48.4 Å². The molecule has 3 heterocycles. The van der Waals surface area contributed by atoms with Gasteiger partial charge in [-0.15, -0.1) is 0 Å². The van der Waals surface area contributed by atoms with Crippen LogP contribution in [0.1, 0.15) is 18.5 Å². The van der Waals surface area contributed by atoms with Crippen LogP contribution in [0.5, 0.6) is 5.75 Å². The van der Waals surface area contributed by atoms with Crippen LogP contribution in [-0.4, -0.2) is 78.5 Å². The van der Waals surface area contributed by atoms with Gasteiger partial charge in [0.25, 0.3) is 5.91 Å². The molecule has 0 saturated heterocycles. The minimum atomic E-state index is -0.214. The van der Waals surface area contributed by atoms with Crippen molar-refractivity contribution in [2.45, 2.75) is 19.3 Å². The van der Waals surface area contributed by atoms with E-state index < -0.39 is 0 Å². The van der Waals surface area contributed by atoms with Crippen LogP contribution in [0.25, 0.3) is 0 Å². The van der Waals surface area contributed by atoms with E-state index in [1.54, 1.807) is 41.4 Å². The minimum Gasteiger partial charge on any atom is -0.482 e. The second-order valence-electron chi connectivity index (χ2n) is 7.47. The van der Waals surface area contributed by atoms with Gasteiger partial charge in [0.15, 0.2) is 6.61 Å². The summed E-state index contributed by atoms with van der Waals surface area (Å²) in [7, 11) is 3.80. The van der Waals surface area contributed by atoms with E-state index in [9.17, 15) is 9.59 Å². The van der Waals surface area contributed by atoms with E-state index in [0.717, 1.165) is 37.3 Å². The molecule has 0 atom stereocenters. The molecule has 3 rings (SSSR count). The Labute approximate surface area is 177 Å². The highest BCUT2D eigenvalue weighted by Gasteiger charge is 2.20. The molecule has 0 radical (unpaired) electrons. The van der Waals surface area contributed by atoms with Gasteiger partial charge in [0.05, 0.1) is 12.7 Å². The average molecular weight is 412 g/mol. The predicted molar refractivity (Wildman–Crippen MR) is 114 cm³/mol. The molecule has 1 aliphatic heterocycles. The zero-order valence-corrected chi connectivity index (χ0v) is 17.7. The normalized spacial score (nSPS) is 16.2. The molecular weight excluding hydrogens is 382 g/mol. The molecule has 2 aromatic heterocycles. The van der Waals surface area contributed by atoms with Crippen LogP contribution in [-0.2, 0) is 16.0 Å². The monoisotopic (exact) mass is 411 g/mol. The number of ether oxygens (including phenoxy) is 1. The Morgan fingerprint density at radius 3 is 2.70 bits per heavy atom. The Morgan fingerprint density at radius 1 is 1.07 bits per heavy atom. The average Bonchev–Trinajstić information content (AvgIpc) is 2.76. The number of rotatable bonds is 3. The van der Waals surface area contributed by atoms with Gasteiger partial charge < -0.3 is 19.4 Å². The van der Waals surface area contributed by atoms with Crippen molar-refractivity contribution in [3.8, 4) is 5.75 Å². The van der Waals surface area contributed by atoms with Crippen LogP contribution in [0, 0.1) is 0 Å². The molecule has 8 nitrogen and oxygen atoms in total. The third kappa shape index (κ3) is 6.17. The smallest absolute Gasteiger partial charge is 0.260 e. The molecule has 30 heavy (non-hydrogen) atoms. The first-order valence-electron chi connectivity index (χ1n) is 10.2.